The molecule has 1 rings (SSSR count). The van der Waals surface area contributed by atoms with Gasteiger partial charge in [-0.1, -0.05) is 19.3 Å². The molecular weight excluding hydrogens is 141 g/mol. The summed E-state index contributed by atoms with van der Waals surface area (Å²) in [7, 11) is 0. The summed E-state index contributed by atoms with van der Waals surface area (Å²) in [6.07, 6.45) is 4.70. The van der Waals surface area contributed by atoms with Gasteiger partial charge in [0.1, 0.15) is 0 Å². The van der Waals surface area contributed by atoms with Gasteiger partial charge in [0.25, 0.3) is 0 Å². The summed E-state index contributed by atoms with van der Waals surface area (Å²) in [6, 6.07) is 0. The zero-order chi connectivity index (χ0) is 8.10. The summed E-state index contributed by atoms with van der Waals surface area (Å²) in [5, 5.41) is 0. The molecule has 1 nitrogen and oxygen atoms in total. The molecule has 0 aromatic carbocycles. The molecule has 1 aliphatic carbocycles. The van der Waals surface area contributed by atoms with Gasteiger partial charge < -0.3 is 4.85 Å². The molecular formula is C9H14FN. The largest absolute Gasteiger partial charge is 0.314 e. The molecule has 11 heavy (non-hydrogen) atoms. The van der Waals surface area contributed by atoms with Gasteiger partial charge in [-0.05, 0) is 18.8 Å². The number of rotatable bonds is 2. The average Bonchev–Trinajstić information content (AvgIpc) is 2.07. The molecule has 0 spiro atoms. The smallest absolute Gasteiger partial charge is 0.245 e. The summed E-state index contributed by atoms with van der Waals surface area (Å²) >= 11 is 0. The van der Waals surface area contributed by atoms with Crippen molar-refractivity contribution in [3.63, 3.8) is 0 Å². The Bertz CT molecular complexity index is 144. The van der Waals surface area contributed by atoms with Crippen molar-refractivity contribution in [1.29, 1.82) is 0 Å². The maximum Gasteiger partial charge on any atom is 0.245 e. The lowest BCUT2D eigenvalue weighted by atomic mass is 9.86. The molecule has 2 heteroatoms. The molecule has 0 bridgehead atoms. The quantitative estimate of drug-likeness (QED) is 0.540. The molecule has 1 atom stereocenters. The van der Waals surface area contributed by atoms with Crippen LogP contribution in [0, 0.1) is 12.5 Å². The fraction of sp³-hybridized carbons (Fsp3) is 0.889. The van der Waals surface area contributed by atoms with Crippen molar-refractivity contribution in [3.8, 4) is 0 Å². The van der Waals surface area contributed by atoms with Crippen LogP contribution in [0.15, 0.2) is 0 Å². The van der Waals surface area contributed by atoms with Crippen molar-refractivity contribution in [2.24, 2.45) is 5.92 Å². The second kappa shape index (κ2) is 4.33. The van der Waals surface area contributed by atoms with E-state index in [-0.39, 0.29) is 12.5 Å². The van der Waals surface area contributed by atoms with E-state index in [0.29, 0.717) is 0 Å². The van der Waals surface area contributed by atoms with Crippen molar-refractivity contribution in [1.82, 2.24) is 0 Å². The third-order valence-electron chi connectivity index (χ3n) is 2.43. The van der Waals surface area contributed by atoms with Crippen LogP contribution >= 0.6 is 0 Å². The Morgan fingerprint density at radius 3 is 2.55 bits per heavy atom. The van der Waals surface area contributed by atoms with E-state index in [1.807, 2.05) is 0 Å². The van der Waals surface area contributed by atoms with E-state index >= 15 is 0 Å². The predicted octanol–water partition coefficient (Wildman–Crippen LogP) is 2.82. The summed E-state index contributed by atoms with van der Waals surface area (Å²) < 4.78 is 13.1. The summed E-state index contributed by atoms with van der Waals surface area (Å²) in [5.74, 6) is 0.192. The summed E-state index contributed by atoms with van der Waals surface area (Å²) in [4.78, 5) is 3.09. The van der Waals surface area contributed by atoms with Crippen LogP contribution in [0.3, 0.4) is 0 Å². The van der Waals surface area contributed by atoms with Gasteiger partial charge in [-0.2, -0.15) is 0 Å². The highest BCUT2D eigenvalue weighted by Crippen LogP contribution is 2.27. The second-order valence-corrected chi connectivity index (χ2v) is 3.25. The van der Waals surface area contributed by atoms with Gasteiger partial charge in [0.15, 0.2) is 6.17 Å². The Morgan fingerprint density at radius 2 is 2.00 bits per heavy atom. The normalized spacial score (nSPS) is 22.5. The summed E-state index contributed by atoms with van der Waals surface area (Å²) in [5.41, 5.74) is 0. The minimum atomic E-state index is -0.854. The van der Waals surface area contributed by atoms with Gasteiger partial charge in [-0.15, -0.1) is 0 Å². The number of hydrogen-bond donors (Lipinski definition) is 0. The van der Waals surface area contributed by atoms with Crippen LogP contribution in [0.25, 0.3) is 4.85 Å². The molecule has 0 aromatic rings. The third-order valence-corrected chi connectivity index (χ3v) is 2.43. The highest BCUT2D eigenvalue weighted by molar-refractivity contribution is 4.79. The number of hydrogen-bond acceptors (Lipinski definition) is 0. The lowest BCUT2D eigenvalue weighted by Gasteiger charge is -2.21. The van der Waals surface area contributed by atoms with Crippen LogP contribution in [0.2, 0.25) is 0 Å². The minimum Gasteiger partial charge on any atom is -0.314 e. The first-order chi connectivity index (χ1) is 5.34. The predicted molar refractivity (Wildman–Crippen MR) is 42.9 cm³/mol. The Hall–Kier alpha value is -0.580. The minimum absolute atomic E-state index is 0.0741. The maximum absolute atomic E-state index is 13.1. The number of halogens is 1. The second-order valence-electron chi connectivity index (χ2n) is 3.25. The van der Waals surface area contributed by atoms with Gasteiger partial charge in [-0.25, -0.2) is 11.0 Å². The molecule has 1 unspecified atom stereocenters. The van der Waals surface area contributed by atoms with Gasteiger partial charge in [0, 0.05) is 0 Å². The van der Waals surface area contributed by atoms with Gasteiger partial charge in [-0.3, -0.25) is 0 Å². The lowest BCUT2D eigenvalue weighted by molar-refractivity contribution is 0.194. The SMILES string of the molecule is [C-]#[N+]CC(F)C1CCCCC1. The molecule has 0 heterocycles. The van der Waals surface area contributed by atoms with Crippen LogP contribution in [0.1, 0.15) is 32.1 Å². The fourth-order valence-corrected chi connectivity index (χ4v) is 1.73. The molecule has 62 valence electrons. The number of nitrogens with zero attached hydrogens (tertiary/aromatic N) is 1. The van der Waals surface area contributed by atoms with Crippen molar-refractivity contribution in [3.05, 3.63) is 11.4 Å². The van der Waals surface area contributed by atoms with E-state index in [1.165, 1.54) is 6.42 Å². The summed E-state index contributed by atoms with van der Waals surface area (Å²) in [6.45, 7) is 6.61. The van der Waals surface area contributed by atoms with E-state index in [9.17, 15) is 4.39 Å². The monoisotopic (exact) mass is 155 g/mol. The van der Waals surface area contributed by atoms with E-state index in [0.717, 1.165) is 25.7 Å². The van der Waals surface area contributed by atoms with Crippen LogP contribution in [-0.4, -0.2) is 12.7 Å². The highest BCUT2D eigenvalue weighted by Gasteiger charge is 2.24. The fourth-order valence-electron chi connectivity index (χ4n) is 1.73. The molecule has 0 amide bonds. The van der Waals surface area contributed by atoms with Crippen LogP contribution in [0.4, 0.5) is 4.39 Å². The molecule has 1 aliphatic rings. The standard InChI is InChI=1S/C9H14FN/c1-11-7-9(10)8-5-3-2-4-6-8/h8-9H,2-7H2. The Labute approximate surface area is 67.4 Å². The van der Waals surface area contributed by atoms with Crippen molar-refractivity contribution < 1.29 is 4.39 Å². The first-order valence-corrected chi connectivity index (χ1v) is 4.32. The van der Waals surface area contributed by atoms with E-state index < -0.39 is 6.17 Å². The highest BCUT2D eigenvalue weighted by atomic mass is 19.1. The van der Waals surface area contributed by atoms with E-state index in [4.69, 9.17) is 6.57 Å². The van der Waals surface area contributed by atoms with Crippen LogP contribution in [-0.2, 0) is 0 Å². The Kier molecular flexibility index (Phi) is 3.35. The van der Waals surface area contributed by atoms with E-state index in [1.54, 1.807) is 0 Å². The Morgan fingerprint density at radius 1 is 1.36 bits per heavy atom. The van der Waals surface area contributed by atoms with Gasteiger partial charge >= 0.3 is 0 Å². The molecule has 0 aromatic heterocycles. The van der Waals surface area contributed by atoms with Crippen molar-refractivity contribution >= 4 is 0 Å². The van der Waals surface area contributed by atoms with Crippen molar-refractivity contribution in [2.75, 3.05) is 6.54 Å². The first-order valence-electron chi connectivity index (χ1n) is 4.32. The van der Waals surface area contributed by atoms with Gasteiger partial charge in [0.2, 0.25) is 6.54 Å². The molecule has 0 saturated heterocycles. The third kappa shape index (κ3) is 2.49. The first kappa shape index (κ1) is 8.52. The molecule has 1 saturated carbocycles. The molecule has 0 N–H and O–H groups in total. The zero-order valence-corrected chi connectivity index (χ0v) is 6.72. The maximum atomic E-state index is 13.1. The zero-order valence-electron chi connectivity index (χ0n) is 6.72. The Balaban J connectivity index is 2.27. The van der Waals surface area contributed by atoms with Crippen LogP contribution < -0.4 is 0 Å². The number of alkyl halides is 1. The van der Waals surface area contributed by atoms with Gasteiger partial charge in [0.05, 0.1) is 0 Å². The van der Waals surface area contributed by atoms with E-state index in [2.05, 4.69) is 4.85 Å². The topological polar surface area (TPSA) is 4.36 Å². The molecule has 0 aliphatic heterocycles. The molecule has 0 radical (unpaired) electrons. The van der Waals surface area contributed by atoms with Crippen molar-refractivity contribution in [2.45, 2.75) is 38.3 Å². The average molecular weight is 155 g/mol. The lowest BCUT2D eigenvalue weighted by Crippen LogP contribution is -2.20. The van der Waals surface area contributed by atoms with Crippen LogP contribution in [0.5, 0.6) is 0 Å². The molecule has 1 fully saturated rings.